The SMILES string of the molecule is Cc1ccc(C(=O)C2(N3CCOCC3)CCCC2)cn1. The Hall–Kier alpha value is -1.26. The Morgan fingerprint density at radius 2 is 1.95 bits per heavy atom. The Morgan fingerprint density at radius 3 is 2.55 bits per heavy atom. The second-order valence-electron chi connectivity index (χ2n) is 5.86. The Balaban J connectivity index is 1.89. The van der Waals surface area contributed by atoms with Crippen LogP contribution in [0.3, 0.4) is 0 Å². The molecule has 20 heavy (non-hydrogen) atoms. The molecule has 108 valence electrons. The van der Waals surface area contributed by atoms with Gasteiger partial charge in [0.15, 0.2) is 5.78 Å². The van der Waals surface area contributed by atoms with E-state index in [-0.39, 0.29) is 11.3 Å². The number of hydrogen-bond donors (Lipinski definition) is 0. The predicted octanol–water partition coefficient (Wildman–Crippen LogP) is 2.22. The third-order valence-electron chi connectivity index (χ3n) is 4.64. The molecule has 1 aromatic heterocycles. The number of carbonyl (C=O) groups excluding carboxylic acids is 1. The van der Waals surface area contributed by atoms with Crippen molar-refractivity contribution in [2.75, 3.05) is 26.3 Å². The van der Waals surface area contributed by atoms with Gasteiger partial charge in [0.05, 0.1) is 18.8 Å². The summed E-state index contributed by atoms with van der Waals surface area (Å²) in [7, 11) is 0. The second-order valence-corrected chi connectivity index (χ2v) is 5.86. The van der Waals surface area contributed by atoms with Gasteiger partial charge in [0.1, 0.15) is 0 Å². The van der Waals surface area contributed by atoms with Crippen molar-refractivity contribution in [1.82, 2.24) is 9.88 Å². The van der Waals surface area contributed by atoms with E-state index in [9.17, 15) is 4.79 Å². The van der Waals surface area contributed by atoms with E-state index < -0.39 is 0 Å². The van der Waals surface area contributed by atoms with Gasteiger partial charge >= 0.3 is 0 Å². The molecule has 0 radical (unpaired) electrons. The maximum Gasteiger partial charge on any atom is 0.184 e. The number of ketones is 1. The van der Waals surface area contributed by atoms with Crippen LogP contribution in [-0.2, 0) is 4.74 Å². The molecule has 1 aromatic rings. The molecule has 4 nitrogen and oxygen atoms in total. The minimum absolute atomic E-state index is 0.254. The van der Waals surface area contributed by atoms with Gasteiger partial charge in [0.25, 0.3) is 0 Å². The number of pyridine rings is 1. The van der Waals surface area contributed by atoms with Gasteiger partial charge in [-0.2, -0.15) is 0 Å². The summed E-state index contributed by atoms with van der Waals surface area (Å²) < 4.78 is 5.44. The molecule has 0 unspecified atom stereocenters. The zero-order valence-electron chi connectivity index (χ0n) is 12.1. The van der Waals surface area contributed by atoms with E-state index in [2.05, 4.69) is 9.88 Å². The molecular formula is C16H22N2O2. The number of Topliss-reactive ketones (excluding diaryl/α,β-unsaturated/α-hetero) is 1. The van der Waals surface area contributed by atoms with Gasteiger partial charge in [-0.15, -0.1) is 0 Å². The van der Waals surface area contributed by atoms with Crippen LogP contribution in [0.5, 0.6) is 0 Å². The third-order valence-corrected chi connectivity index (χ3v) is 4.64. The molecule has 1 aliphatic heterocycles. The van der Waals surface area contributed by atoms with Gasteiger partial charge in [-0.3, -0.25) is 14.7 Å². The second kappa shape index (κ2) is 5.62. The monoisotopic (exact) mass is 274 g/mol. The molecule has 1 aliphatic carbocycles. The predicted molar refractivity (Wildman–Crippen MR) is 76.9 cm³/mol. The summed E-state index contributed by atoms with van der Waals surface area (Å²) in [6.45, 7) is 5.15. The zero-order valence-corrected chi connectivity index (χ0v) is 12.1. The Bertz CT molecular complexity index is 472. The van der Waals surface area contributed by atoms with Crippen molar-refractivity contribution in [1.29, 1.82) is 0 Å². The smallest absolute Gasteiger partial charge is 0.184 e. The summed E-state index contributed by atoms with van der Waals surface area (Å²) in [6, 6.07) is 3.85. The van der Waals surface area contributed by atoms with E-state index in [0.29, 0.717) is 0 Å². The average molecular weight is 274 g/mol. The van der Waals surface area contributed by atoms with Gasteiger partial charge in [0.2, 0.25) is 0 Å². The van der Waals surface area contributed by atoms with E-state index in [0.717, 1.165) is 63.2 Å². The molecule has 0 aromatic carbocycles. The first kappa shape index (κ1) is 13.7. The van der Waals surface area contributed by atoms with Gasteiger partial charge < -0.3 is 4.74 Å². The molecule has 1 saturated carbocycles. The molecule has 2 fully saturated rings. The summed E-state index contributed by atoms with van der Waals surface area (Å²) in [5.74, 6) is 0.254. The first-order valence-corrected chi connectivity index (χ1v) is 7.53. The first-order chi connectivity index (χ1) is 9.72. The van der Waals surface area contributed by atoms with Crippen molar-refractivity contribution < 1.29 is 9.53 Å². The molecule has 0 atom stereocenters. The fourth-order valence-corrected chi connectivity index (χ4v) is 3.51. The fraction of sp³-hybridized carbons (Fsp3) is 0.625. The van der Waals surface area contributed by atoms with Crippen LogP contribution in [0, 0.1) is 6.92 Å². The summed E-state index contributed by atoms with van der Waals surface area (Å²) in [5, 5.41) is 0. The summed E-state index contributed by atoms with van der Waals surface area (Å²) >= 11 is 0. The lowest BCUT2D eigenvalue weighted by Crippen LogP contribution is -2.56. The third kappa shape index (κ3) is 2.38. The molecule has 1 saturated heterocycles. The van der Waals surface area contributed by atoms with Crippen molar-refractivity contribution in [2.45, 2.75) is 38.1 Å². The largest absolute Gasteiger partial charge is 0.379 e. The van der Waals surface area contributed by atoms with Gasteiger partial charge in [-0.05, 0) is 31.9 Å². The van der Waals surface area contributed by atoms with Crippen LogP contribution >= 0.6 is 0 Å². The maximum absolute atomic E-state index is 13.1. The molecule has 0 bridgehead atoms. The highest BCUT2D eigenvalue weighted by atomic mass is 16.5. The number of carbonyl (C=O) groups is 1. The molecule has 0 amide bonds. The number of rotatable bonds is 3. The van der Waals surface area contributed by atoms with Crippen molar-refractivity contribution >= 4 is 5.78 Å². The molecule has 4 heteroatoms. The van der Waals surface area contributed by atoms with E-state index in [4.69, 9.17) is 4.74 Å². The van der Waals surface area contributed by atoms with Crippen LogP contribution in [0.4, 0.5) is 0 Å². The highest BCUT2D eigenvalue weighted by Gasteiger charge is 2.46. The van der Waals surface area contributed by atoms with Crippen LogP contribution in [0.25, 0.3) is 0 Å². The summed E-state index contributed by atoms with van der Waals surface area (Å²) in [6.07, 6.45) is 5.96. The summed E-state index contributed by atoms with van der Waals surface area (Å²) in [5.41, 5.74) is 1.40. The van der Waals surface area contributed by atoms with Crippen LogP contribution in [-0.4, -0.2) is 47.5 Å². The molecular weight excluding hydrogens is 252 g/mol. The van der Waals surface area contributed by atoms with Crippen molar-refractivity contribution in [3.8, 4) is 0 Å². The number of ether oxygens (including phenoxy) is 1. The number of hydrogen-bond acceptors (Lipinski definition) is 4. The number of morpholine rings is 1. The van der Waals surface area contributed by atoms with Crippen molar-refractivity contribution in [3.05, 3.63) is 29.6 Å². The highest BCUT2D eigenvalue weighted by Crippen LogP contribution is 2.38. The van der Waals surface area contributed by atoms with Gasteiger partial charge in [-0.1, -0.05) is 12.8 Å². The lowest BCUT2D eigenvalue weighted by atomic mass is 9.86. The van der Waals surface area contributed by atoms with E-state index in [1.807, 2.05) is 19.1 Å². The van der Waals surface area contributed by atoms with Crippen molar-refractivity contribution in [3.63, 3.8) is 0 Å². The maximum atomic E-state index is 13.1. The van der Waals surface area contributed by atoms with Crippen LogP contribution in [0.2, 0.25) is 0 Å². The van der Waals surface area contributed by atoms with E-state index in [1.165, 1.54) is 0 Å². The van der Waals surface area contributed by atoms with Crippen LogP contribution in [0.1, 0.15) is 41.7 Å². The zero-order chi connectivity index (χ0) is 14.0. The number of nitrogens with zero attached hydrogens (tertiary/aromatic N) is 2. The average Bonchev–Trinajstić information content (AvgIpc) is 2.99. The molecule has 3 rings (SSSR count). The Kier molecular flexibility index (Phi) is 3.85. The number of aromatic nitrogens is 1. The Morgan fingerprint density at radius 1 is 1.25 bits per heavy atom. The highest BCUT2D eigenvalue weighted by molar-refractivity contribution is 6.03. The topological polar surface area (TPSA) is 42.4 Å². The lowest BCUT2D eigenvalue weighted by molar-refractivity contribution is -0.0130. The van der Waals surface area contributed by atoms with E-state index >= 15 is 0 Å². The molecule has 0 spiro atoms. The van der Waals surface area contributed by atoms with Gasteiger partial charge in [-0.25, -0.2) is 0 Å². The van der Waals surface area contributed by atoms with Gasteiger partial charge in [0, 0.05) is 30.5 Å². The first-order valence-electron chi connectivity index (χ1n) is 7.53. The number of aryl methyl sites for hydroxylation is 1. The molecule has 2 heterocycles. The minimum atomic E-state index is -0.305. The normalized spacial score (nSPS) is 22.9. The van der Waals surface area contributed by atoms with Crippen LogP contribution < -0.4 is 0 Å². The van der Waals surface area contributed by atoms with Crippen molar-refractivity contribution in [2.24, 2.45) is 0 Å². The minimum Gasteiger partial charge on any atom is -0.379 e. The fourth-order valence-electron chi connectivity index (χ4n) is 3.51. The van der Waals surface area contributed by atoms with E-state index in [1.54, 1.807) is 6.20 Å². The standard InChI is InChI=1S/C16H22N2O2/c1-13-4-5-14(12-17-13)15(19)16(6-2-3-7-16)18-8-10-20-11-9-18/h4-5,12H,2-3,6-11H2,1H3. The Labute approximate surface area is 120 Å². The molecule has 2 aliphatic rings. The lowest BCUT2D eigenvalue weighted by Gasteiger charge is -2.42. The summed E-state index contributed by atoms with van der Waals surface area (Å²) in [4.78, 5) is 19.7. The van der Waals surface area contributed by atoms with Crippen LogP contribution in [0.15, 0.2) is 18.3 Å². The molecule has 0 N–H and O–H groups in total. The quantitative estimate of drug-likeness (QED) is 0.793.